The van der Waals surface area contributed by atoms with Gasteiger partial charge in [-0.15, -0.1) is 0 Å². The van der Waals surface area contributed by atoms with Crippen LogP contribution in [0.2, 0.25) is 0 Å². The molecular weight excluding hydrogens is 264 g/mol. The van der Waals surface area contributed by atoms with Crippen molar-refractivity contribution in [1.29, 1.82) is 0 Å². The third-order valence-corrected chi connectivity index (χ3v) is 5.10. The van der Waals surface area contributed by atoms with Crippen LogP contribution in [0.25, 0.3) is 0 Å². The topological polar surface area (TPSA) is 32.8 Å². The quantitative estimate of drug-likeness (QED) is 0.836. The molecule has 3 aliphatic rings. The van der Waals surface area contributed by atoms with Gasteiger partial charge in [0.15, 0.2) is 0 Å². The molecule has 1 aromatic carbocycles. The Kier molecular flexibility index (Phi) is 2.96. The van der Waals surface area contributed by atoms with E-state index in [1.54, 1.807) is 0 Å². The molecule has 3 saturated heterocycles. The zero-order chi connectivity index (χ0) is 14.4. The summed E-state index contributed by atoms with van der Waals surface area (Å²) in [6.45, 7) is 6.93. The van der Waals surface area contributed by atoms with Gasteiger partial charge in [-0.05, 0) is 37.1 Å². The summed E-state index contributed by atoms with van der Waals surface area (Å²) in [7, 11) is 0. The number of amides is 1. The lowest BCUT2D eigenvalue weighted by Crippen LogP contribution is -2.66. The predicted octanol–water partition coefficient (Wildman–Crippen LogP) is 2.29. The smallest absolute Gasteiger partial charge is 0.229 e. The van der Waals surface area contributed by atoms with Crippen molar-refractivity contribution < 1.29 is 9.53 Å². The number of anilines is 2. The first-order chi connectivity index (χ1) is 10.2. The summed E-state index contributed by atoms with van der Waals surface area (Å²) in [4.78, 5) is 16.6. The molecule has 1 amide bonds. The van der Waals surface area contributed by atoms with Crippen LogP contribution in [0.3, 0.4) is 0 Å². The van der Waals surface area contributed by atoms with Crippen LogP contribution in [0.5, 0.6) is 0 Å². The van der Waals surface area contributed by atoms with Gasteiger partial charge in [-0.25, -0.2) is 0 Å². The van der Waals surface area contributed by atoms with Gasteiger partial charge in [0, 0.05) is 36.9 Å². The Morgan fingerprint density at radius 3 is 2.43 bits per heavy atom. The number of carbonyl (C=O) groups is 1. The van der Waals surface area contributed by atoms with E-state index in [0.29, 0.717) is 5.41 Å². The molecule has 1 spiro atoms. The van der Waals surface area contributed by atoms with Crippen LogP contribution in [0.4, 0.5) is 11.4 Å². The van der Waals surface area contributed by atoms with Gasteiger partial charge in [-0.1, -0.05) is 6.92 Å². The minimum atomic E-state index is 0.160. The average Bonchev–Trinajstić information content (AvgIpc) is 2.40. The molecule has 3 aliphatic heterocycles. The summed E-state index contributed by atoms with van der Waals surface area (Å²) in [6, 6.07) is 8.48. The molecular formula is C17H22N2O2. The van der Waals surface area contributed by atoms with E-state index in [2.05, 4.69) is 29.2 Å². The molecule has 1 unspecified atom stereocenters. The second-order valence-corrected chi connectivity index (χ2v) is 6.90. The number of nitrogens with zero attached hydrogens (tertiary/aromatic N) is 2. The highest BCUT2D eigenvalue weighted by Crippen LogP contribution is 2.40. The largest absolute Gasteiger partial charge is 0.380 e. The third-order valence-electron chi connectivity index (χ3n) is 5.10. The van der Waals surface area contributed by atoms with Gasteiger partial charge in [0.2, 0.25) is 5.91 Å². The van der Waals surface area contributed by atoms with Crippen molar-refractivity contribution in [2.75, 3.05) is 42.6 Å². The number of benzene rings is 1. The predicted molar refractivity (Wildman–Crippen MR) is 82.7 cm³/mol. The van der Waals surface area contributed by atoms with E-state index in [0.717, 1.165) is 51.4 Å². The number of piperidine rings is 1. The Bertz CT molecular complexity index is 542. The molecule has 4 rings (SSSR count). The van der Waals surface area contributed by atoms with E-state index < -0.39 is 0 Å². The van der Waals surface area contributed by atoms with E-state index in [1.807, 2.05) is 11.8 Å². The fraction of sp³-hybridized carbons (Fsp3) is 0.588. The molecule has 1 aromatic rings. The fourth-order valence-electron chi connectivity index (χ4n) is 3.67. The zero-order valence-corrected chi connectivity index (χ0v) is 12.5. The van der Waals surface area contributed by atoms with Gasteiger partial charge < -0.3 is 14.5 Å². The molecule has 0 saturated carbocycles. The van der Waals surface area contributed by atoms with Crippen LogP contribution in [-0.4, -0.2) is 38.8 Å². The molecule has 0 aliphatic carbocycles. The van der Waals surface area contributed by atoms with Gasteiger partial charge in [0.25, 0.3) is 0 Å². The maximum Gasteiger partial charge on any atom is 0.229 e. The van der Waals surface area contributed by atoms with Crippen molar-refractivity contribution in [3.05, 3.63) is 24.3 Å². The number of rotatable bonds is 2. The standard InChI is InChI=1S/C17H22N2O2/c1-13-3-2-8-19(16(13)20)15-6-4-14(5-7-15)18-9-17(10-18)11-21-12-17/h4-7,13H,2-3,8-12H2,1H3. The minimum Gasteiger partial charge on any atom is -0.380 e. The first kappa shape index (κ1) is 13.1. The van der Waals surface area contributed by atoms with E-state index in [4.69, 9.17) is 4.74 Å². The second-order valence-electron chi connectivity index (χ2n) is 6.90. The summed E-state index contributed by atoms with van der Waals surface area (Å²) >= 11 is 0. The third kappa shape index (κ3) is 2.13. The van der Waals surface area contributed by atoms with Crippen molar-refractivity contribution in [2.45, 2.75) is 19.8 Å². The lowest BCUT2D eigenvalue weighted by Gasteiger charge is -2.56. The summed E-state index contributed by atoms with van der Waals surface area (Å²) < 4.78 is 5.31. The van der Waals surface area contributed by atoms with Crippen LogP contribution >= 0.6 is 0 Å². The van der Waals surface area contributed by atoms with Gasteiger partial charge in [0.05, 0.1) is 18.6 Å². The van der Waals surface area contributed by atoms with Crippen molar-refractivity contribution in [2.24, 2.45) is 11.3 Å². The number of hydrogen-bond donors (Lipinski definition) is 0. The van der Waals surface area contributed by atoms with Gasteiger partial charge in [0.1, 0.15) is 0 Å². The molecule has 0 bridgehead atoms. The van der Waals surface area contributed by atoms with Crippen molar-refractivity contribution >= 4 is 17.3 Å². The minimum absolute atomic E-state index is 0.160. The molecule has 4 nitrogen and oxygen atoms in total. The Morgan fingerprint density at radius 2 is 1.81 bits per heavy atom. The van der Waals surface area contributed by atoms with Crippen molar-refractivity contribution in [3.63, 3.8) is 0 Å². The molecule has 0 aromatic heterocycles. The molecule has 112 valence electrons. The molecule has 3 fully saturated rings. The van der Waals surface area contributed by atoms with Crippen LogP contribution in [0, 0.1) is 11.3 Å². The second kappa shape index (κ2) is 4.73. The van der Waals surface area contributed by atoms with Crippen LogP contribution in [0.15, 0.2) is 24.3 Å². The maximum absolute atomic E-state index is 12.2. The summed E-state index contributed by atoms with van der Waals surface area (Å²) in [5, 5.41) is 0. The Morgan fingerprint density at radius 1 is 1.14 bits per heavy atom. The fourth-order valence-corrected chi connectivity index (χ4v) is 3.67. The number of hydrogen-bond acceptors (Lipinski definition) is 3. The highest BCUT2D eigenvalue weighted by atomic mass is 16.5. The van der Waals surface area contributed by atoms with Gasteiger partial charge >= 0.3 is 0 Å². The van der Waals surface area contributed by atoms with Crippen LogP contribution in [-0.2, 0) is 9.53 Å². The van der Waals surface area contributed by atoms with Crippen molar-refractivity contribution in [1.82, 2.24) is 0 Å². The SMILES string of the molecule is CC1CCCN(c2ccc(N3CC4(COC4)C3)cc2)C1=O. The van der Waals surface area contributed by atoms with Gasteiger partial charge in [-0.2, -0.15) is 0 Å². The number of carbonyl (C=O) groups excluding carboxylic acids is 1. The maximum atomic E-state index is 12.2. The molecule has 0 radical (unpaired) electrons. The van der Waals surface area contributed by atoms with Crippen LogP contribution in [0.1, 0.15) is 19.8 Å². The zero-order valence-electron chi connectivity index (χ0n) is 12.5. The Balaban J connectivity index is 1.45. The Labute approximate surface area is 125 Å². The lowest BCUT2D eigenvalue weighted by atomic mass is 9.78. The van der Waals surface area contributed by atoms with Crippen molar-refractivity contribution in [3.8, 4) is 0 Å². The summed E-state index contributed by atoms with van der Waals surface area (Å²) in [5.74, 6) is 0.427. The summed E-state index contributed by atoms with van der Waals surface area (Å²) in [6.07, 6.45) is 2.12. The highest BCUT2D eigenvalue weighted by molar-refractivity contribution is 5.95. The van der Waals surface area contributed by atoms with E-state index in [9.17, 15) is 4.79 Å². The normalized spacial score (nSPS) is 27.5. The van der Waals surface area contributed by atoms with Gasteiger partial charge in [-0.3, -0.25) is 4.79 Å². The highest BCUT2D eigenvalue weighted by Gasteiger charge is 2.49. The lowest BCUT2D eigenvalue weighted by molar-refractivity contribution is -0.127. The van der Waals surface area contributed by atoms with E-state index >= 15 is 0 Å². The molecule has 3 heterocycles. The molecule has 0 N–H and O–H groups in total. The van der Waals surface area contributed by atoms with E-state index in [1.165, 1.54) is 5.69 Å². The van der Waals surface area contributed by atoms with E-state index in [-0.39, 0.29) is 11.8 Å². The first-order valence-corrected chi connectivity index (χ1v) is 7.91. The molecule has 4 heteroatoms. The van der Waals surface area contributed by atoms with Crippen LogP contribution < -0.4 is 9.80 Å². The molecule has 1 atom stereocenters. The summed E-state index contributed by atoms with van der Waals surface area (Å²) in [5.41, 5.74) is 2.74. The first-order valence-electron chi connectivity index (χ1n) is 7.91. The number of ether oxygens (including phenoxy) is 1. The average molecular weight is 286 g/mol. The monoisotopic (exact) mass is 286 g/mol. The Hall–Kier alpha value is -1.55. The molecule has 21 heavy (non-hydrogen) atoms.